The van der Waals surface area contributed by atoms with Gasteiger partial charge in [-0.15, -0.1) is 0 Å². The predicted molar refractivity (Wildman–Crippen MR) is 147 cm³/mol. The van der Waals surface area contributed by atoms with Crippen molar-refractivity contribution in [1.82, 2.24) is 14.7 Å². The van der Waals surface area contributed by atoms with Crippen molar-refractivity contribution < 1.29 is 4.79 Å². The van der Waals surface area contributed by atoms with Gasteiger partial charge in [0.25, 0.3) is 0 Å². The van der Waals surface area contributed by atoms with E-state index >= 15 is 0 Å². The Bertz CT molecular complexity index is 1120. The number of carbonyl (C=O) groups excluding carboxylic acids is 1. The number of halogens is 1. The minimum Gasteiger partial charge on any atom is -0.372 e. The number of fused-ring (bicyclic) bond motifs is 2. The maximum absolute atomic E-state index is 10.5. The van der Waals surface area contributed by atoms with Gasteiger partial charge in [-0.3, -0.25) is 14.4 Å². The third-order valence-electron chi connectivity index (χ3n) is 6.90. The van der Waals surface area contributed by atoms with Gasteiger partial charge in [0.1, 0.15) is 12.1 Å². The lowest BCUT2D eigenvalue weighted by atomic mass is 9.83. The lowest BCUT2D eigenvalue weighted by Gasteiger charge is -2.28. The standard InChI is InChI=1S/C16H20BrN3.C13H17NO/c1-10(2)6-14-13-5-4-12(17)7-11(13)9-20-15(14)8-16(18-3)19-20;15-11-13-6-4-12(5-7-13)10-14-8-2-1-3-9-14/h4-5,7-8,10,14H,6,9H2,1-3H3,(H,18,19);4-7,11H,1-3,8-10H2. The van der Waals surface area contributed by atoms with E-state index in [0.717, 1.165) is 41.7 Å². The first-order valence-electron chi connectivity index (χ1n) is 12.8. The second-order valence-corrected chi connectivity index (χ2v) is 11.0. The smallest absolute Gasteiger partial charge is 0.150 e. The molecule has 0 saturated carbocycles. The minimum atomic E-state index is 0.446. The quantitative estimate of drug-likeness (QED) is 0.355. The summed E-state index contributed by atoms with van der Waals surface area (Å²) < 4.78 is 3.29. The van der Waals surface area contributed by atoms with Crippen LogP contribution >= 0.6 is 15.9 Å². The van der Waals surface area contributed by atoms with Crippen LogP contribution in [0.15, 0.2) is 53.0 Å². The summed E-state index contributed by atoms with van der Waals surface area (Å²) in [5.74, 6) is 2.07. The fourth-order valence-electron chi connectivity index (χ4n) is 5.13. The van der Waals surface area contributed by atoms with Crippen molar-refractivity contribution in [2.24, 2.45) is 5.92 Å². The fourth-order valence-corrected chi connectivity index (χ4v) is 5.54. The first kappa shape index (κ1) is 25.6. The van der Waals surface area contributed by atoms with Gasteiger partial charge in [-0.25, -0.2) is 0 Å². The third kappa shape index (κ3) is 6.62. The lowest BCUT2D eigenvalue weighted by molar-refractivity contribution is 0.112. The number of piperidine rings is 1. The van der Waals surface area contributed by atoms with Crippen LogP contribution in [0.1, 0.15) is 78.2 Å². The van der Waals surface area contributed by atoms with Gasteiger partial charge in [0, 0.05) is 41.3 Å². The Labute approximate surface area is 218 Å². The molecule has 1 atom stereocenters. The summed E-state index contributed by atoms with van der Waals surface area (Å²) in [6, 6.07) is 16.7. The minimum absolute atomic E-state index is 0.446. The Morgan fingerprint density at radius 1 is 1.09 bits per heavy atom. The maximum Gasteiger partial charge on any atom is 0.150 e. The molecule has 1 aromatic heterocycles. The van der Waals surface area contributed by atoms with Crippen molar-refractivity contribution in [1.29, 1.82) is 0 Å². The number of benzene rings is 2. The molecule has 1 unspecified atom stereocenters. The summed E-state index contributed by atoms with van der Waals surface area (Å²) in [6.45, 7) is 8.89. The van der Waals surface area contributed by atoms with Gasteiger partial charge < -0.3 is 5.32 Å². The number of likely N-dealkylation sites (tertiary alicyclic amines) is 1. The van der Waals surface area contributed by atoms with Gasteiger partial charge >= 0.3 is 0 Å². The molecule has 1 N–H and O–H groups in total. The van der Waals surface area contributed by atoms with Crippen LogP contribution in [0, 0.1) is 5.92 Å². The summed E-state index contributed by atoms with van der Waals surface area (Å²) in [5.41, 5.74) is 6.23. The van der Waals surface area contributed by atoms with Crippen molar-refractivity contribution in [2.75, 3.05) is 25.5 Å². The summed E-state index contributed by atoms with van der Waals surface area (Å²) in [5, 5.41) is 7.80. The van der Waals surface area contributed by atoms with E-state index in [1.807, 2.05) is 19.2 Å². The summed E-state index contributed by atoms with van der Waals surface area (Å²) in [4.78, 5) is 13.0. The van der Waals surface area contributed by atoms with Crippen molar-refractivity contribution in [3.8, 4) is 0 Å². The third-order valence-corrected chi connectivity index (χ3v) is 7.40. The van der Waals surface area contributed by atoms with Crippen LogP contribution in [0.25, 0.3) is 0 Å². The average molecular weight is 538 g/mol. The van der Waals surface area contributed by atoms with Gasteiger partial charge in [0.05, 0.1) is 6.54 Å². The second kappa shape index (κ2) is 12.0. The SMILES string of the molecule is CNc1cc2n(n1)Cc1cc(Br)ccc1C2CC(C)C.O=Cc1ccc(CN2CCCCC2)cc1. The summed E-state index contributed by atoms with van der Waals surface area (Å²) >= 11 is 3.58. The van der Waals surface area contributed by atoms with E-state index in [2.05, 4.69) is 86.2 Å². The van der Waals surface area contributed by atoms with Crippen molar-refractivity contribution in [3.63, 3.8) is 0 Å². The van der Waals surface area contributed by atoms with Crippen LogP contribution in [0.4, 0.5) is 5.82 Å². The highest BCUT2D eigenvalue weighted by atomic mass is 79.9. The van der Waals surface area contributed by atoms with E-state index in [-0.39, 0.29) is 0 Å². The monoisotopic (exact) mass is 536 g/mol. The number of aromatic nitrogens is 2. The highest BCUT2D eigenvalue weighted by Crippen LogP contribution is 2.39. The lowest BCUT2D eigenvalue weighted by Crippen LogP contribution is -2.29. The fraction of sp³-hybridized carbons (Fsp3) is 0.448. The molecule has 5 rings (SSSR count). The van der Waals surface area contributed by atoms with Gasteiger partial charge in [-0.2, -0.15) is 5.10 Å². The number of anilines is 1. The van der Waals surface area contributed by atoms with Crippen molar-refractivity contribution in [2.45, 2.75) is 58.5 Å². The Morgan fingerprint density at radius 2 is 1.83 bits per heavy atom. The van der Waals surface area contributed by atoms with E-state index in [4.69, 9.17) is 0 Å². The van der Waals surface area contributed by atoms with Gasteiger partial charge in [-0.05, 0) is 67.1 Å². The number of carbonyl (C=O) groups is 1. The largest absolute Gasteiger partial charge is 0.372 e. The van der Waals surface area contributed by atoms with Gasteiger partial charge in [-0.1, -0.05) is 66.5 Å². The Hall–Kier alpha value is -2.44. The van der Waals surface area contributed by atoms with Crippen LogP contribution in [-0.4, -0.2) is 41.1 Å². The Balaban J connectivity index is 0.000000172. The van der Waals surface area contributed by atoms with Gasteiger partial charge in [0.15, 0.2) is 0 Å². The molecule has 2 aliphatic rings. The molecule has 1 saturated heterocycles. The predicted octanol–water partition coefficient (Wildman–Crippen LogP) is 6.71. The molecular weight excluding hydrogens is 500 g/mol. The first-order chi connectivity index (χ1) is 17.0. The van der Waals surface area contributed by atoms with E-state index in [9.17, 15) is 4.79 Å². The number of hydrogen-bond acceptors (Lipinski definition) is 4. The van der Waals surface area contributed by atoms with E-state index in [0.29, 0.717) is 11.8 Å². The van der Waals surface area contributed by atoms with Crippen molar-refractivity contribution >= 4 is 28.0 Å². The van der Waals surface area contributed by atoms with E-state index in [1.165, 1.54) is 54.7 Å². The Morgan fingerprint density at radius 3 is 2.49 bits per heavy atom. The molecule has 3 aromatic rings. The molecule has 5 nitrogen and oxygen atoms in total. The molecule has 3 heterocycles. The Kier molecular flexibility index (Phi) is 8.79. The van der Waals surface area contributed by atoms with Crippen LogP contribution in [-0.2, 0) is 13.1 Å². The molecule has 0 bridgehead atoms. The van der Waals surface area contributed by atoms with E-state index in [1.54, 1.807) is 0 Å². The molecule has 2 aliphatic heterocycles. The van der Waals surface area contributed by atoms with Crippen LogP contribution in [0.3, 0.4) is 0 Å². The number of nitrogens with zero attached hydrogens (tertiary/aromatic N) is 3. The maximum atomic E-state index is 10.5. The first-order valence-corrected chi connectivity index (χ1v) is 13.6. The topological polar surface area (TPSA) is 50.2 Å². The van der Waals surface area contributed by atoms with E-state index < -0.39 is 0 Å². The zero-order valence-corrected chi connectivity index (χ0v) is 22.7. The molecule has 1 fully saturated rings. The molecule has 0 radical (unpaired) electrons. The van der Waals surface area contributed by atoms with Crippen LogP contribution < -0.4 is 5.32 Å². The zero-order chi connectivity index (χ0) is 24.8. The zero-order valence-electron chi connectivity index (χ0n) is 21.1. The number of hydrogen-bond donors (Lipinski definition) is 1. The molecule has 2 aromatic carbocycles. The highest BCUT2D eigenvalue weighted by Gasteiger charge is 2.28. The number of rotatable bonds is 6. The second-order valence-electron chi connectivity index (χ2n) is 10.1. The molecule has 0 spiro atoms. The molecule has 186 valence electrons. The summed E-state index contributed by atoms with van der Waals surface area (Å²) in [7, 11) is 1.93. The van der Waals surface area contributed by atoms with Crippen molar-refractivity contribution in [3.05, 3.63) is 81.0 Å². The van der Waals surface area contributed by atoms with Crippen LogP contribution in [0.5, 0.6) is 0 Å². The van der Waals surface area contributed by atoms with Crippen LogP contribution in [0.2, 0.25) is 0 Å². The number of aldehydes is 1. The summed E-state index contributed by atoms with van der Waals surface area (Å²) in [6.07, 6.45) is 6.08. The molecular formula is C29H37BrN4O. The molecule has 35 heavy (non-hydrogen) atoms. The molecule has 0 aliphatic carbocycles. The highest BCUT2D eigenvalue weighted by molar-refractivity contribution is 9.10. The molecule has 6 heteroatoms. The normalized spacial score (nSPS) is 17.2. The average Bonchev–Trinajstić information content (AvgIpc) is 3.28. The molecule has 0 amide bonds. The number of nitrogens with one attached hydrogen (secondary N) is 1. The van der Waals surface area contributed by atoms with Gasteiger partial charge in [0.2, 0.25) is 0 Å².